The summed E-state index contributed by atoms with van der Waals surface area (Å²) in [5, 5.41) is 9.85. The van der Waals surface area contributed by atoms with Gasteiger partial charge in [0, 0.05) is 48.9 Å². The number of hydrogen-bond donors (Lipinski definition) is 0. The van der Waals surface area contributed by atoms with Gasteiger partial charge in [0.15, 0.2) is 0 Å². The Bertz CT molecular complexity index is 3190. The van der Waals surface area contributed by atoms with Crippen LogP contribution in [0.2, 0.25) is 0 Å². The highest BCUT2D eigenvalue weighted by Crippen LogP contribution is 2.43. The molecule has 3 heteroatoms. The van der Waals surface area contributed by atoms with E-state index in [2.05, 4.69) is 170 Å². The van der Waals surface area contributed by atoms with Crippen LogP contribution < -0.4 is 0 Å². The van der Waals surface area contributed by atoms with Crippen LogP contribution in [0.5, 0.6) is 0 Å². The van der Waals surface area contributed by atoms with E-state index in [-0.39, 0.29) is 0 Å². The maximum atomic E-state index is 4.79. The highest BCUT2D eigenvalue weighted by Gasteiger charge is 2.15. The van der Waals surface area contributed by atoms with Gasteiger partial charge in [0.05, 0.1) is 11.0 Å². The van der Waals surface area contributed by atoms with Crippen LogP contribution in [-0.4, -0.2) is 9.97 Å². The molecule has 0 atom stereocenters. The number of nitrogens with zero attached hydrogens (tertiary/aromatic N) is 2. The summed E-state index contributed by atoms with van der Waals surface area (Å²) in [5.74, 6) is 0. The van der Waals surface area contributed by atoms with E-state index in [1.54, 1.807) is 12.4 Å². The summed E-state index contributed by atoms with van der Waals surface area (Å²) in [7, 11) is 0. The lowest BCUT2D eigenvalue weighted by Crippen LogP contribution is -1.89. The molecule has 11 aromatic rings. The molecule has 0 aliphatic rings. The maximum absolute atomic E-state index is 4.79. The Balaban J connectivity index is 0.966. The molecule has 2 heterocycles. The number of aromatic nitrogens is 2. The minimum atomic E-state index is 0.937. The maximum Gasteiger partial charge on any atom is 0.0971 e. The van der Waals surface area contributed by atoms with E-state index in [1.165, 1.54) is 80.7 Å². The predicted molar refractivity (Wildman–Crippen MR) is 227 cm³/mol. The third kappa shape index (κ3) is 4.78. The molecular formula is C50H30N2S. The minimum Gasteiger partial charge on any atom is -0.252 e. The van der Waals surface area contributed by atoms with Crippen LogP contribution in [0.3, 0.4) is 0 Å². The first kappa shape index (κ1) is 30.0. The summed E-state index contributed by atoms with van der Waals surface area (Å²) in [6.45, 7) is 0. The van der Waals surface area contributed by atoms with Crippen molar-refractivity contribution in [1.29, 1.82) is 0 Å². The van der Waals surface area contributed by atoms with Crippen LogP contribution in [0.4, 0.5) is 0 Å². The third-order valence-electron chi connectivity index (χ3n) is 10.8. The molecule has 0 aliphatic carbocycles. The second kappa shape index (κ2) is 11.9. The first-order valence-electron chi connectivity index (χ1n) is 18.0. The summed E-state index contributed by atoms with van der Waals surface area (Å²) in [6, 6.07) is 62.0. The van der Waals surface area contributed by atoms with Gasteiger partial charge < -0.3 is 0 Å². The summed E-state index contributed by atoms with van der Waals surface area (Å²) in [4.78, 5) is 9.53. The van der Waals surface area contributed by atoms with Crippen molar-refractivity contribution >= 4 is 74.9 Å². The normalized spacial score (nSPS) is 11.8. The lowest BCUT2D eigenvalue weighted by molar-refractivity contribution is 1.31. The Morgan fingerprint density at radius 1 is 0.302 bits per heavy atom. The predicted octanol–water partition coefficient (Wildman–Crippen LogP) is 14.1. The lowest BCUT2D eigenvalue weighted by Gasteiger charge is -2.14. The monoisotopic (exact) mass is 690 g/mol. The van der Waals surface area contributed by atoms with E-state index in [9.17, 15) is 0 Å². The molecule has 0 spiro atoms. The molecule has 0 amide bonds. The fourth-order valence-electron chi connectivity index (χ4n) is 8.28. The number of benzene rings is 9. The molecule has 246 valence electrons. The lowest BCUT2D eigenvalue weighted by atomic mass is 9.90. The molecule has 0 saturated carbocycles. The van der Waals surface area contributed by atoms with Gasteiger partial charge in [-0.2, -0.15) is 0 Å². The van der Waals surface area contributed by atoms with E-state index in [0.29, 0.717) is 0 Å². The zero-order chi connectivity index (χ0) is 34.9. The smallest absolute Gasteiger partial charge is 0.0971 e. The highest BCUT2D eigenvalue weighted by molar-refractivity contribution is 7.26. The largest absolute Gasteiger partial charge is 0.252 e. The van der Waals surface area contributed by atoms with Crippen molar-refractivity contribution in [2.45, 2.75) is 0 Å². The van der Waals surface area contributed by atoms with Gasteiger partial charge in [-0.1, -0.05) is 152 Å². The van der Waals surface area contributed by atoms with Gasteiger partial charge in [0.1, 0.15) is 0 Å². The molecule has 0 aliphatic heterocycles. The number of thiophene rings is 1. The summed E-state index contributed by atoms with van der Waals surface area (Å²) >= 11 is 1.89. The SMILES string of the molecule is c1cc(-c2ccc(-c3ccc(-c4cccc5c4sc4ccccc45)c4ccccc34)cc2)cc(-c2ccc3c4ccccc4c4nccnc4c3c2)c1. The summed E-state index contributed by atoms with van der Waals surface area (Å²) in [6.07, 6.45) is 3.57. The van der Waals surface area contributed by atoms with E-state index < -0.39 is 0 Å². The van der Waals surface area contributed by atoms with Gasteiger partial charge in [0.2, 0.25) is 0 Å². The first-order valence-corrected chi connectivity index (χ1v) is 18.8. The van der Waals surface area contributed by atoms with E-state index in [1.807, 2.05) is 11.3 Å². The van der Waals surface area contributed by atoms with Gasteiger partial charge in [-0.25, -0.2) is 0 Å². The van der Waals surface area contributed by atoms with Gasteiger partial charge in [-0.05, 0) is 78.7 Å². The number of rotatable bonds is 4. The molecule has 53 heavy (non-hydrogen) atoms. The average Bonchev–Trinajstić information content (AvgIpc) is 3.63. The van der Waals surface area contributed by atoms with Gasteiger partial charge in [0.25, 0.3) is 0 Å². The zero-order valence-electron chi connectivity index (χ0n) is 28.6. The molecule has 0 unspecified atom stereocenters. The quantitative estimate of drug-likeness (QED) is 0.172. The fourth-order valence-corrected chi connectivity index (χ4v) is 9.51. The van der Waals surface area contributed by atoms with E-state index >= 15 is 0 Å². The Labute approximate surface area is 310 Å². The minimum absolute atomic E-state index is 0.937. The van der Waals surface area contributed by atoms with Crippen molar-refractivity contribution in [2.75, 3.05) is 0 Å². The molecule has 2 aromatic heterocycles. The second-order valence-electron chi connectivity index (χ2n) is 13.7. The van der Waals surface area contributed by atoms with Crippen LogP contribution in [0.25, 0.3) is 108 Å². The van der Waals surface area contributed by atoms with E-state index in [4.69, 9.17) is 9.97 Å². The molecule has 0 fully saturated rings. The summed E-state index contributed by atoms with van der Waals surface area (Å²) < 4.78 is 2.67. The van der Waals surface area contributed by atoms with Crippen molar-refractivity contribution < 1.29 is 0 Å². The zero-order valence-corrected chi connectivity index (χ0v) is 29.4. The number of fused-ring (bicyclic) bond motifs is 10. The Kier molecular flexibility index (Phi) is 6.76. The Morgan fingerprint density at radius 2 is 0.849 bits per heavy atom. The molecule has 0 N–H and O–H groups in total. The van der Waals surface area contributed by atoms with Crippen LogP contribution >= 0.6 is 11.3 Å². The van der Waals surface area contributed by atoms with Crippen LogP contribution in [0, 0.1) is 0 Å². The topological polar surface area (TPSA) is 25.8 Å². The second-order valence-corrected chi connectivity index (χ2v) is 14.8. The van der Waals surface area contributed by atoms with Gasteiger partial charge in [-0.15, -0.1) is 11.3 Å². The molecule has 11 rings (SSSR count). The van der Waals surface area contributed by atoms with Gasteiger partial charge >= 0.3 is 0 Å². The van der Waals surface area contributed by atoms with Crippen molar-refractivity contribution in [3.63, 3.8) is 0 Å². The van der Waals surface area contributed by atoms with Crippen molar-refractivity contribution in [1.82, 2.24) is 9.97 Å². The van der Waals surface area contributed by atoms with Crippen LogP contribution in [-0.2, 0) is 0 Å². The van der Waals surface area contributed by atoms with Crippen molar-refractivity contribution in [2.24, 2.45) is 0 Å². The molecule has 9 aromatic carbocycles. The fraction of sp³-hybridized carbons (Fsp3) is 0. The first-order chi connectivity index (χ1) is 26.3. The number of hydrogen-bond acceptors (Lipinski definition) is 3. The van der Waals surface area contributed by atoms with Crippen molar-refractivity contribution in [3.05, 3.63) is 182 Å². The van der Waals surface area contributed by atoms with E-state index in [0.717, 1.165) is 27.4 Å². The van der Waals surface area contributed by atoms with Crippen LogP contribution in [0.1, 0.15) is 0 Å². The molecule has 0 bridgehead atoms. The van der Waals surface area contributed by atoms with Gasteiger partial charge in [-0.3, -0.25) is 9.97 Å². The van der Waals surface area contributed by atoms with Crippen LogP contribution in [0.15, 0.2) is 182 Å². The Hall–Kier alpha value is -6.68. The summed E-state index contributed by atoms with van der Waals surface area (Å²) in [5.41, 5.74) is 11.6. The molecule has 2 nitrogen and oxygen atoms in total. The molecular weight excluding hydrogens is 661 g/mol. The third-order valence-corrected chi connectivity index (χ3v) is 12.0. The average molecular weight is 691 g/mol. The highest BCUT2D eigenvalue weighted by atomic mass is 32.1. The molecule has 0 saturated heterocycles. The standard InChI is InChI=1S/C50H30N2S/c1-2-12-38-37(11-1)36(25-26-40(38)44-16-8-17-45-42-14-5-6-18-47(42)53-50(44)45)32-21-19-31(20-22-32)33-9-7-10-34(29-33)35-23-24-41-39-13-3-4-15-43(39)48-49(46(41)30-35)52-28-27-51-48/h1-30H. The Morgan fingerprint density at radius 3 is 1.66 bits per heavy atom. The van der Waals surface area contributed by atoms with Crippen molar-refractivity contribution in [3.8, 4) is 44.5 Å². The molecule has 0 radical (unpaired) electrons.